The molecule has 130 valence electrons. The minimum Gasteiger partial charge on any atom is -0.293 e. The molecule has 0 unspecified atom stereocenters. The highest BCUT2D eigenvalue weighted by Crippen LogP contribution is 2.52. The highest BCUT2D eigenvalue weighted by atomic mass is 16.2. The second-order valence-electron chi connectivity index (χ2n) is 7.11. The van der Waals surface area contributed by atoms with Crippen molar-refractivity contribution in [2.24, 2.45) is 18.4 Å². The van der Waals surface area contributed by atoms with Crippen molar-refractivity contribution in [1.82, 2.24) is 24.4 Å². The Bertz CT molecular complexity index is 1070. The zero-order valence-electron chi connectivity index (χ0n) is 14.3. The van der Waals surface area contributed by atoms with Crippen LogP contribution >= 0.6 is 0 Å². The van der Waals surface area contributed by atoms with Gasteiger partial charge in [-0.3, -0.25) is 14.4 Å². The summed E-state index contributed by atoms with van der Waals surface area (Å²) in [6.45, 7) is 0.517. The summed E-state index contributed by atoms with van der Waals surface area (Å²) >= 11 is 0. The van der Waals surface area contributed by atoms with Crippen LogP contribution in [0.2, 0.25) is 0 Å². The molecule has 1 atom stereocenters. The summed E-state index contributed by atoms with van der Waals surface area (Å²) in [5.41, 5.74) is 1.81. The molecule has 1 saturated carbocycles. The molecule has 0 radical (unpaired) electrons. The highest BCUT2D eigenvalue weighted by molar-refractivity contribution is 6.04. The van der Waals surface area contributed by atoms with Gasteiger partial charge in [0.25, 0.3) is 0 Å². The SMILES string of the molecule is Cn1cc(-c2cc3c(N4CC[C@@](C#N)(C5CC5)C4=O)ncnn3c2)cn1. The van der Waals surface area contributed by atoms with Crippen LogP contribution in [0.1, 0.15) is 19.3 Å². The number of aryl methyl sites for hydroxylation is 1. The molecule has 0 bridgehead atoms. The molecular formula is C18H17N7O. The normalized spacial score (nSPS) is 22.9. The minimum absolute atomic E-state index is 0.118. The van der Waals surface area contributed by atoms with Gasteiger partial charge < -0.3 is 0 Å². The summed E-state index contributed by atoms with van der Waals surface area (Å²) in [5, 5.41) is 18.2. The topological polar surface area (TPSA) is 92.1 Å². The van der Waals surface area contributed by atoms with E-state index in [4.69, 9.17) is 0 Å². The van der Waals surface area contributed by atoms with Crippen LogP contribution in [-0.2, 0) is 11.8 Å². The number of hydrogen-bond donors (Lipinski definition) is 0. The molecule has 26 heavy (non-hydrogen) atoms. The molecule has 2 aliphatic rings. The van der Waals surface area contributed by atoms with Gasteiger partial charge in [0.05, 0.1) is 12.3 Å². The Labute approximate surface area is 149 Å². The third-order valence-electron chi connectivity index (χ3n) is 5.51. The van der Waals surface area contributed by atoms with Crippen molar-refractivity contribution >= 4 is 17.2 Å². The summed E-state index contributed by atoms with van der Waals surface area (Å²) in [6, 6.07) is 4.28. The van der Waals surface area contributed by atoms with Gasteiger partial charge in [0.2, 0.25) is 5.91 Å². The second kappa shape index (κ2) is 5.14. The summed E-state index contributed by atoms with van der Waals surface area (Å²) in [4.78, 5) is 19.1. The molecule has 8 heteroatoms. The van der Waals surface area contributed by atoms with Crippen LogP contribution in [0.15, 0.2) is 31.0 Å². The number of carbonyl (C=O) groups excluding carboxylic acids is 1. The van der Waals surface area contributed by atoms with Crippen LogP contribution in [0.25, 0.3) is 16.6 Å². The van der Waals surface area contributed by atoms with Gasteiger partial charge in [-0.1, -0.05) is 0 Å². The van der Waals surface area contributed by atoms with Crippen molar-refractivity contribution in [3.05, 3.63) is 31.0 Å². The van der Waals surface area contributed by atoms with E-state index in [-0.39, 0.29) is 11.8 Å². The molecule has 1 aliphatic heterocycles. The molecule has 0 N–H and O–H groups in total. The van der Waals surface area contributed by atoms with E-state index in [2.05, 4.69) is 21.3 Å². The van der Waals surface area contributed by atoms with E-state index in [1.807, 2.05) is 25.5 Å². The molecule has 2 fully saturated rings. The van der Waals surface area contributed by atoms with Gasteiger partial charge in [-0.25, -0.2) is 9.50 Å². The van der Waals surface area contributed by atoms with Crippen molar-refractivity contribution in [2.45, 2.75) is 19.3 Å². The van der Waals surface area contributed by atoms with E-state index in [0.29, 0.717) is 18.8 Å². The third-order valence-corrected chi connectivity index (χ3v) is 5.51. The van der Waals surface area contributed by atoms with Crippen LogP contribution in [0.5, 0.6) is 0 Å². The molecule has 0 aromatic carbocycles. The first-order chi connectivity index (χ1) is 12.6. The van der Waals surface area contributed by atoms with E-state index < -0.39 is 5.41 Å². The largest absolute Gasteiger partial charge is 0.293 e. The molecule has 8 nitrogen and oxygen atoms in total. The predicted molar refractivity (Wildman–Crippen MR) is 92.9 cm³/mol. The lowest BCUT2D eigenvalue weighted by Crippen LogP contribution is -2.35. The van der Waals surface area contributed by atoms with Crippen molar-refractivity contribution in [3.63, 3.8) is 0 Å². The number of fused-ring (bicyclic) bond motifs is 1. The van der Waals surface area contributed by atoms with Crippen molar-refractivity contribution in [2.75, 3.05) is 11.4 Å². The Balaban J connectivity index is 1.58. The maximum Gasteiger partial charge on any atom is 0.249 e. The second-order valence-corrected chi connectivity index (χ2v) is 7.11. The Kier molecular flexibility index (Phi) is 2.98. The van der Waals surface area contributed by atoms with Gasteiger partial charge in [-0.15, -0.1) is 0 Å². The summed E-state index contributed by atoms with van der Waals surface area (Å²) in [7, 11) is 1.87. The number of amides is 1. The number of rotatable bonds is 3. The van der Waals surface area contributed by atoms with Gasteiger partial charge in [-0.2, -0.15) is 15.5 Å². The van der Waals surface area contributed by atoms with Crippen molar-refractivity contribution < 1.29 is 4.79 Å². The molecule has 3 aromatic rings. The summed E-state index contributed by atoms with van der Waals surface area (Å²) < 4.78 is 3.46. The molecule has 1 aliphatic carbocycles. The van der Waals surface area contributed by atoms with Crippen LogP contribution < -0.4 is 4.90 Å². The van der Waals surface area contributed by atoms with Gasteiger partial charge in [0, 0.05) is 37.1 Å². The Morgan fingerprint density at radius 2 is 2.12 bits per heavy atom. The number of carbonyl (C=O) groups is 1. The quantitative estimate of drug-likeness (QED) is 0.720. The van der Waals surface area contributed by atoms with Crippen LogP contribution in [0, 0.1) is 22.7 Å². The van der Waals surface area contributed by atoms with E-state index >= 15 is 0 Å². The summed E-state index contributed by atoms with van der Waals surface area (Å²) in [5.74, 6) is 0.644. The zero-order chi connectivity index (χ0) is 17.9. The first-order valence-electron chi connectivity index (χ1n) is 8.68. The van der Waals surface area contributed by atoms with Crippen LogP contribution in [0.3, 0.4) is 0 Å². The average Bonchev–Trinajstić information content (AvgIpc) is 3.12. The standard InChI is InChI=1S/C18H17N7O/c1-23-8-13(7-21-23)12-6-15-16(20-11-22-25(15)9-12)24-5-4-18(10-19,17(24)26)14-2-3-14/h6-9,11,14H,2-5H2,1H3/t18-/m1/s1. The Hall–Kier alpha value is -3.21. The zero-order valence-corrected chi connectivity index (χ0v) is 14.3. The maximum atomic E-state index is 13.1. The number of nitrogens with zero attached hydrogens (tertiary/aromatic N) is 7. The fraction of sp³-hybridized carbons (Fsp3) is 0.389. The van der Waals surface area contributed by atoms with Gasteiger partial charge in [0.15, 0.2) is 5.82 Å². The lowest BCUT2D eigenvalue weighted by atomic mass is 9.83. The Morgan fingerprint density at radius 3 is 2.81 bits per heavy atom. The van der Waals surface area contributed by atoms with Gasteiger partial charge in [0.1, 0.15) is 17.3 Å². The lowest BCUT2D eigenvalue weighted by molar-refractivity contribution is -0.123. The first-order valence-corrected chi connectivity index (χ1v) is 8.68. The lowest BCUT2D eigenvalue weighted by Gasteiger charge is -2.20. The van der Waals surface area contributed by atoms with E-state index in [9.17, 15) is 10.1 Å². The third kappa shape index (κ3) is 2.00. The van der Waals surface area contributed by atoms with Crippen molar-refractivity contribution in [1.29, 1.82) is 5.26 Å². The fourth-order valence-corrected chi connectivity index (χ4v) is 3.94. The molecular weight excluding hydrogens is 330 g/mol. The number of aromatic nitrogens is 5. The molecule has 1 saturated heterocycles. The molecule has 5 rings (SSSR count). The van der Waals surface area contributed by atoms with Crippen LogP contribution in [-0.4, -0.2) is 36.8 Å². The van der Waals surface area contributed by atoms with E-state index in [1.165, 1.54) is 6.33 Å². The van der Waals surface area contributed by atoms with Gasteiger partial charge >= 0.3 is 0 Å². The monoisotopic (exact) mass is 347 g/mol. The van der Waals surface area contributed by atoms with E-state index in [1.54, 1.807) is 20.3 Å². The molecule has 3 aromatic heterocycles. The average molecular weight is 347 g/mol. The van der Waals surface area contributed by atoms with Crippen LogP contribution in [0.4, 0.5) is 5.82 Å². The fourth-order valence-electron chi connectivity index (χ4n) is 3.94. The summed E-state index contributed by atoms with van der Waals surface area (Å²) in [6.07, 6.45) is 9.56. The highest BCUT2D eigenvalue weighted by Gasteiger charge is 2.57. The first kappa shape index (κ1) is 15.1. The Morgan fingerprint density at radius 1 is 1.27 bits per heavy atom. The molecule has 4 heterocycles. The molecule has 1 amide bonds. The van der Waals surface area contributed by atoms with Gasteiger partial charge in [-0.05, 0) is 31.2 Å². The van der Waals surface area contributed by atoms with E-state index in [0.717, 1.165) is 29.5 Å². The predicted octanol–water partition coefficient (Wildman–Crippen LogP) is 1.79. The minimum atomic E-state index is -0.874. The van der Waals surface area contributed by atoms with Crippen molar-refractivity contribution in [3.8, 4) is 17.2 Å². The maximum absolute atomic E-state index is 13.1. The number of hydrogen-bond acceptors (Lipinski definition) is 5. The molecule has 0 spiro atoms. The number of nitriles is 1. The smallest absolute Gasteiger partial charge is 0.249 e. The number of anilines is 1.